The molecule has 8 heteroatoms. The number of nitrogens with two attached hydrogens (primary N) is 1. The second-order valence-electron chi connectivity index (χ2n) is 3.45. The predicted molar refractivity (Wildman–Crippen MR) is 64.8 cm³/mol. The average molecular weight is 270 g/mol. The summed E-state index contributed by atoms with van der Waals surface area (Å²) >= 11 is 6.23. The number of methoxy groups -OCH3 is 2. The molecule has 2 rings (SSSR count). The summed E-state index contributed by atoms with van der Waals surface area (Å²) in [5.41, 5.74) is 6.65. The molecule has 1 atom stereocenters. The number of tetrazole rings is 1. The van der Waals surface area contributed by atoms with Crippen LogP contribution in [0.25, 0.3) is 0 Å². The van der Waals surface area contributed by atoms with Gasteiger partial charge in [-0.3, -0.25) is 0 Å². The molecule has 0 saturated heterocycles. The molecular formula is C10H12ClN5O2. The molecule has 3 N–H and O–H groups in total. The normalized spacial score (nSPS) is 12.2. The fourth-order valence-corrected chi connectivity index (χ4v) is 1.94. The van der Waals surface area contributed by atoms with Gasteiger partial charge in [0.1, 0.15) is 0 Å². The van der Waals surface area contributed by atoms with E-state index >= 15 is 0 Å². The zero-order chi connectivity index (χ0) is 13.1. The number of halogens is 1. The summed E-state index contributed by atoms with van der Waals surface area (Å²) in [6.45, 7) is 0. The van der Waals surface area contributed by atoms with Gasteiger partial charge in [-0.25, -0.2) is 0 Å². The first-order valence-corrected chi connectivity index (χ1v) is 5.46. The standard InChI is InChI=1S/C10H12ClN5O2/c1-17-6-4-3-5(7(11)9(6)18-2)8(12)10-13-15-16-14-10/h3-4,8H,12H2,1-2H3,(H,13,14,15,16). The highest BCUT2D eigenvalue weighted by molar-refractivity contribution is 6.33. The minimum Gasteiger partial charge on any atom is -0.493 e. The number of rotatable bonds is 4. The summed E-state index contributed by atoms with van der Waals surface area (Å²) in [4.78, 5) is 0. The Kier molecular flexibility index (Phi) is 3.63. The lowest BCUT2D eigenvalue weighted by molar-refractivity contribution is 0.354. The lowest BCUT2D eigenvalue weighted by Crippen LogP contribution is -2.14. The Morgan fingerprint density at radius 3 is 2.67 bits per heavy atom. The van der Waals surface area contributed by atoms with Gasteiger partial charge in [0.25, 0.3) is 0 Å². The van der Waals surface area contributed by atoms with Gasteiger partial charge < -0.3 is 15.2 Å². The molecule has 1 aromatic heterocycles. The molecule has 0 saturated carbocycles. The van der Waals surface area contributed by atoms with Crippen molar-refractivity contribution in [3.8, 4) is 11.5 Å². The summed E-state index contributed by atoms with van der Waals surface area (Å²) in [5.74, 6) is 1.31. The Labute approximate surface area is 108 Å². The molecule has 0 fully saturated rings. The van der Waals surface area contributed by atoms with Crippen LogP contribution in [0.1, 0.15) is 17.4 Å². The third-order valence-electron chi connectivity index (χ3n) is 2.49. The van der Waals surface area contributed by atoms with Crippen LogP contribution in [0.15, 0.2) is 12.1 Å². The molecule has 18 heavy (non-hydrogen) atoms. The van der Waals surface area contributed by atoms with Gasteiger partial charge in [-0.2, -0.15) is 5.21 Å². The molecule has 0 radical (unpaired) electrons. The summed E-state index contributed by atoms with van der Waals surface area (Å²) in [6, 6.07) is 2.88. The quantitative estimate of drug-likeness (QED) is 0.856. The molecule has 0 amide bonds. The van der Waals surface area contributed by atoms with E-state index in [0.717, 1.165) is 0 Å². The zero-order valence-electron chi connectivity index (χ0n) is 9.85. The van der Waals surface area contributed by atoms with Crippen LogP contribution in [0.2, 0.25) is 5.02 Å². The van der Waals surface area contributed by atoms with Crippen molar-refractivity contribution in [1.82, 2.24) is 20.6 Å². The highest BCUT2D eigenvalue weighted by atomic mass is 35.5. The number of aromatic amines is 1. The third kappa shape index (κ3) is 2.09. The van der Waals surface area contributed by atoms with E-state index in [1.165, 1.54) is 14.2 Å². The van der Waals surface area contributed by atoms with Crippen molar-refractivity contribution >= 4 is 11.6 Å². The zero-order valence-corrected chi connectivity index (χ0v) is 10.6. The molecule has 1 aromatic carbocycles. The Bertz CT molecular complexity index is 531. The lowest BCUT2D eigenvalue weighted by Gasteiger charge is -2.15. The van der Waals surface area contributed by atoms with Crippen molar-refractivity contribution in [3.05, 3.63) is 28.5 Å². The van der Waals surface area contributed by atoms with E-state index in [4.69, 9.17) is 26.8 Å². The lowest BCUT2D eigenvalue weighted by atomic mass is 10.1. The number of hydrogen-bond acceptors (Lipinski definition) is 6. The van der Waals surface area contributed by atoms with Gasteiger partial charge in [-0.1, -0.05) is 22.9 Å². The van der Waals surface area contributed by atoms with Crippen molar-refractivity contribution in [2.45, 2.75) is 6.04 Å². The first kappa shape index (κ1) is 12.6. The first-order chi connectivity index (χ1) is 8.69. The van der Waals surface area contributed by atoms with E-state index < -0.39 is 6.04 Å². The number of H-pyrrole nitrogens is 1. The van der Waals surface area contributed by atoms with Crippen molar-refractivity contribution in [3.63, 3.8) is 0 Å². The molecule has 7 nitrogen and oxygen atoms in total. The molecule has 1 unspecified atom stereocenters. The number of ether oxygens (including phenoxy) is 2. The van der Waals surface area contributed by atoms with Gasteiger partial charge in [0, 0.05) is 0 Å². The van der Waals surface area contributed by atoms with Gasteiger partial charge in [-0.05, 0) is 11.6 Å². The molecule has 0 spiro atoms. The van der Waals surface area contributed by atoms with Gasteiger partial charge in [0.05, 0.1) is 25.3 Å². The van der Waals surface area contributed by atoms with E-state index in [1.807, 2.05) is 0 Å². The van der Waals surface area contributed by atoms with Crippen molar-refractivity contribution in [2.75, 3.05) is 14.2 Å². The maximum Gasteiger partial charge on any atom is 0.195 e. The SMILES string of the molecule is COc1ccc(C(N)c2nn[nH]n2)c(Cl)c1OC. The van der Waals surface area contributed by atoms with Crippen molar-refractivity contribution in [2.24, 2.45) is 5.73 Å². The van der Waals surface area contributed by atoms with E-state index in [2.05, 4.69) is 20.6 Å². The monoisotopic (exact) mass is 269 g/mol. The Balaban J connectivity index is 2.46. The van der Waals surface area contributed by atoms with Gasteiger partial charge >= 0.3 is 0 Å². The number of hydrogen-bond donors (Lipinski definition) is 2. The Hall–Kier alpha value is -1.86. The Morgan fingerprint density at radius 1 is 1.33 bits per heavy atom. The van der Waals surface area contributed by atoms with Crippen LogP contribution in [-0.2, 0) is 0 Å². The van der Waals surface area contributed by atoms with Crippen molar-refractivity contribution < 1.29 is 9.47 Å². The fourth-order valence-electron chi connectivity index (χ4n) is 1.59. The van der Waals surface area contributed by atoms with E-state index in [0.29, 0.717) is 27.9 Å². The second kappa shape index (κ2) is 5.19. The molecule has 96 valence electrons. The summed E-state index contributed by atoms with van der Waals surface area (Å²) < 4.78 is 10.3. The van der Waals surface area contributed by atoms with Crippen LogP contribution >= 0.6 is 11.6 Å². The number of nitrogens with one attached hydrogen (secondary N) is 1. The van der Waals surface area contributed by atoms with Crippen LogP contribution in [0.3, 0.4) is 0 Å². The first-order valence-electron chi connectivity index (χ1n) is 5.08. The minimum atomic E-state index is -0.587. The maximum atomic E-state index is 6.23. The minimum absolute atomic E-state index is 0.351. The number of benzene rings is 1. The second-order valence-corrected chi connectivity index (χ2v) is 3.83. The molecule has 2 aromatic rings. The van der Waals surface area contributed by atoms with Gasteiger partial charge in [0.2, 0.25) is 0 Å². The molecular weight excluding hydrogens is 258 g/mol. The van der Waals surface area contributed by atoms with Crippen LogP contribution in [-0.4, -0.2) is 34.8 Å². The summed E-state index contributed by atoms with van der Waals surface area (Å²) in [7, 11) is 3.04. The molecule has 0 bridgehead atoms. The topological polar surface area (TPSA) is 98.9 Å². The molecule has 0 aliphatic rings. The average Bonchev–Trinajstić information content (AvgIpc) is 2.91. The van der Waals surface area contributed by atoms with Crippen LogP contribution in [0, 0.1) is 0 Å². The van der Waals surface area contributed by atoms with Crippen molar-refractivity contribution in [1.29, 1.82) is 0 Å². The van der Waals surface area contributed by atoms with Crippen LogP contribution in [0.4, 0.5) is 0 Å². The van der Waals surface area contributed by atoms with Gasteiger partial charge in [0.15, 0.2) is 17.3 Å². The largest absolute Gasteiger partial charge is 0.493 e. The molecule has 1 heterocycles. The van der Waals surface area contributed by atoms with E-state index in [9.17, 15) is 0 Å². The summed E-state index contributed by atoms with van der Waals surface area (Å²) in [6.07, 6.45) is 0. The van der Waals surface area contributed by atoms with Crippen LogP contribution in [0.5, 0.6) is 11.5 Å². The van der Waals surface area contributed by atoms with Crippen LogP contribution < -0.4 is 15.2 Å². The van der Waals surface area contributed by atoms with E-state index in [-0.39, 0.29) is 0 Å². The Morgan fingerprint density at radius 2 is 2.11 bits per heavy atom. The van der Waals surface area contributed by atoms with Gasteiger partial charge in [-0.15, -0.1) is 10.2 Å². The highest BCUT2D eigenvalue weighted by Crippen LogP contribution is 2.39. The third-order valence-corrected chi connectivity index (χ3v) is 2.88. The van der Waals surface area contributed by atoms with E-state index in [1.54, 1.807) is 12.1 Å². The summed E-state index contributed by atoms with van der Waals surface area (Å²) in [5, 5.41) is 13.8. The number of nitrogens with zero attached hydrogens (tertiary/aromatic N) is 3. The smallest absolute Gasteiger partial charge is 0.195 e. The maximum absolute atomic E-state index is 6.23. The fraction of sp³-hybridized carbons (Fsp3) is 0.300. The highest BCUT2D eigenvalue weighted by Gasteiger charge is 2.21. The molecule has 0 aliphatic heterocycles. The molecule has 0 aliphatic carbocycles. The number of aromatic nitrogens is 4. The predicted octanol–water partition coefficient (Wildman–Crippen LogP) is 0.918.